The summed E-state index contributed by atoms with van der Waals surface area (Å²) in [7, 11) is 0. The van der Waals surface area contributed by atoms with Crippen LogP contribution in [0.4, 0.5) is 0 Å². The van der Waals surface area contributed by atoms with E-state index in [1.165, 1.54) is 24.3 Å². The van der Waals surface area contributed by atoms with Gasteiger partial charge in [-0.2, -0.15) is 0 Å². The second-order valence-corrected chi connectivity index (χ2v) is 9.44. The van der Waals surface area contributed by atoms with Crippen LogP contribution in [0.15, 0.2) is 36.4 Å². The zero-order chi connectivity index (χ0) is 28.4. The van der Waals surface area contributed by atoms with E-state index in [0.717, 1.165) is 6.07 Å². The molecule has 13 nitrogen and oxygen atoms in total. The lowest BCUT2D eigenvalue weighted by molar-refractivity contribution is -0.278. The van der Waals surface area contributed by atoms with Gasteiger partial charge in [0.2, 0.25) is 6.29 Å². The Kier molecular flexibility index (Phi) is 9.08. The number of phenolic OH excluding ortho intramolecular Hbond substituents is 2. The van der Waals surface area contributed by atoms with Crippen LogP contribution in [-0.4, -0.2) is 119 Å². The summed E-state index contributed by atoms with van der Waals surface area (Å²) in [5, 5.41) is 101. The number of hydrogen-bond donors (Lipinski definition) is 10. The van der Waals surface area contributed by atoms with Crippen LogP contribution in [0, 0.1) is 0 Å². The van der Waals surface area contributed by atoms with Gasteiger partial charge in [0.15, 0.2) is 0 Å². The smallest absolute Gasteiger partial charge is 0.229 e. The molecular formula is C26H32O13. The third-order valence-electron chi connectivity index (χ3n) is 6.78. The lowest BCUT2D eigenvalue weighted by Gasteiger charge is -2.42. The van der Waals surface area contributed by atoms with Crippen molar-refractivity contribution in [3.63, 3.8) is 0 Å². The average Bonchev–Trinajstić information content (AvgIpc) is 2.92. The Morgan fingerprint density at radius 1 is 0.667 bits per heavy atom. The lowest BCUT2D eigenvalue weighted by Crippen LogP contribution is -2.60. The van der Waals surface area contributed by atoms with Gasteiger partial charge in [0.25, 0.3) is 0 Å². The van der Waals surface area contributed by atoms with E-state index < -0.39 is 74.4 Å². The lowest BCUT2D eigenvalue weighted by atomic mass is 9.88. The van der Waals surface area contributed by atoms with Gasteiger partial charge >= 0.3 is 0 Å². The number of ether oxygens (including phenoxy) is 3. The molecule has 0 spiro atoms. The Hall–Kier alpha value is -2.82. The quantitative estimate of drug-likeness (QED) is 0.167. The summed E-state index contributed by atoms with van der Waals surface area (Å²) in [6, 6.07) is 8.49. The Morgan fingerprint density at radius 2 is 1.26 bits per heavy atom. The van der Waals surface area contributed by atoms with Gasteiger partial charge < -0.3 is 65.3 Å². The summed E-state index contributed by atoms with van der Waals surface area (Å²) < 4.78 is 16.9. The van der Waals surface area contributed by atoms with Crippen LogP contribution in [0.3, 0.4) is 0 Å². The monoisotopic (exact) mass is 552 g/mol. The summed E-state index contributed by atoms with van der Waals surface area (Å²) in [6.45, 7) is -1.42. The molecule has 39 heavy (non-hydrogen) atoms. The van der Waals surface area contributed by atoms with Crippen molar-refractivity contribution in [2.75, 3.05) is 13.2 Å². The predicted octanol–water partition coefficient (Wildman–Crippen LogP) is -2.04. The zero-order valence-electron chi connectivity index (χ0n) is 20.5. The Balaban J connectivity index is 1.80. The van der Waals surface area contributed by atoms with E-state index in [1.807, 2.05) is 0 Å². The first-order valence-electron chi connectivity index (χ1n) is 12.2. The maximum Gasteiger partial charge on any atom is 0.229 e. The molecule has 2 aliphatic rings. The van der Waals surface area contributed by atoms with Crippen molar-refractivity contribution in [3.8, 4) is 17.2 Å². The molecule has 2 aliphatic heterocycles. The van der Waals surface area contributed by atoms with Gasteiger partial charge in [0.1, 0.15) is 72.2 Å². The molecule has 0 radical (unpaired) electrons. The molecule has 10 N–H and O–H groups in total. The van der Waals surface area contributed by atoms with Crippen LogP contribution in [-0.2, 0) is 9.47 Å². The van der Waals surface area contributed by atoms with Crippen molar-refractivity contribution < 1.29 is 65.3 Å². The van der Waals surface area contributed by atoms with E-state index in [2.05, 4.69) is 0 Å². The zero-order valence-corrected chi connectivity index (χ0v) is 20.5. The standard InChI is InChI=1S/C26H32O13/c27-9-16-19(31)21(33)23(35)25(37-16)18-12(4-1-11-2-5-13(29)6-3-11)7-14(30)8-15(18)38-26-24(36)22(34)20(32)17(10-28)39-26/h1-8,16-17,19-36H,9-10H2/b4-1+/t16-,17-,19-,20-,21+,22+,23-,24-,25+,26-/m1/s1. The minimum atomic E-state index is -1.80. The minimum Gasteiger partial charge on any atom is -0.508 e. The molecule has 0 saturated carbocycles. The SMILES string of the molecule is OC[C@H]1O[C@@H](c2c(/C=C/c3ccc(O)cc3)cc(O)cc2O[C@@H]2O[C@H](CO)[C@@H](O)[C@H](O)[C@H]2O)[C@H](O)[C@@H](O)[C@@H]1O. The molecule has 10 atom stereocenters. The van der Waals surface area contributed by atoms with E-state index in [1.54, 1.807) is 18.2 Å². The first kappa shape index (κ1) is 29.2. The van der Waals surface area contributed by atoms with Gasteiger partial charge in [-0.25, -0.2) is 0 Å². The normalized spacial score (nSPS) is 35.3. The van der Waals surface area contributed by atoms with Gasteiger partial charge in [-0.15, -0.1) is 0 Å². The highest BCUT2D eigenvalue weighted by molar-refractivity contribution is 5.74. The molecule has 2 fully saturated rings. The fourth-order valence-corrected chi connectivity index (χ4v) is 4.57. The summed E-state index contributed by atoms with van der Waals surface area (Å²) in [6.07, 6.45) is -12.9. The number of hydrogen-bond acceptors (Lipinski definition) is 13. The molecule has 0 unspecified atom stereocenters. The van der Waals surface area contributed by atoms with Crippen molar-refractivity contribution in [1.82, 2.24) is 0 Å². The van der Waals surface area contributed by atoms with Crippen LogP contribution in [0.5, 0.6) is 17.2 Å². The molecule has 2 heterocycles. The molecule has 2 aromatic rings. The van der Waals surface area contributed by atoms with E-state index >= 15 is 0 Å². The summed E-state index contributed by atoms with van der Waals surface area (Å²) in [4.78, 5) is 0. The molecule has 4 rings (SSSR count). The van der Waals surface area contributed by atoms with Gasteiger partial charge in [0, 0.05) is 11.6 Å². The fraction of sp³-hybridized carbons (Fsp3) is 0.462. The van der Waals surface area contributed by atoms with Crippen molar-refractivity contribution in [2.45, 2.75) is 61.2 Å². The third-order valence-corrected chi connectivity index (χ3v) is 6.78. The Morgan fingerprint density at radius 3 is 1.87 bits per heavy atom. The number of aliphatic hydroxyl groups excluding tert-OH is 8. The van der Waals surface area contributed by atoms with E-state index in [0.29, 0.717) is 5.56 Å². The number of phenols is 2. The molecule has 214 valence electrons. The molecular weight excluding hydrogens is 520 g/mol. The maximum absolute atomic E-state index is 10.9. The Labute approximate surface area is 222 Å². The van der Waals surface area contributed by atoms with Gasteiger partial charge in [-0.3, -0.25) is 0 Å². The van der Waals surface area contributed by atoms with Crippen LogP contribution in [0.25, 0.3) is 12.2 Å². The first-order valence-corrected chi connectivity index (χ1v) is 12.2. The second kappa shape index (κ2) is 12.1. The van der Waals surface area contributed by atoms with Gasteiger partial charge in [0.05, 0.1) is 13.2 Å². The van der Waals surface area contributed by atoms with E-state index in [-0.39, 0.29) is 28.4 Å². The predicted molar refractivity (Wildman–Crippen MR) is 132 cm³/mol. The third kappa shape index (κ3) is 6.02. The van der Waals surface area contributed by atoms with Gasteiger partial charge in [-0.05, 0) is 29.3 Å². The van der Waals surface area contributed by atoms with Crippen LogP contribution < -0.4 is 4.74 Å². The highest BCUT2D eigenvalue weighted by Gasteiger charge is 2.48. The summed E-state index contributed by atoms with van der Waals surface area (Å²) in [5.41, 5.74) is 0.830. The molecule has 0 aromatic heterocycles. The molecule has 0 aliphatic carbocycles. The number of aliphatic hydroxyl groups is 8. The average molecular weight is 553 g/mol. The first-order chi connectivity index (χ1) is 18.5. The van der Waals surface area contributed by atoms with Crippen molar-refractivity contribution in [3.05, 3.63) is 53.1 Å². The minimum absolute atomic E-state index is 0.0108. The second-order valence-electron chi connectivity index (χ2n) is 9.44. The highest BCUT2D eigenvalue weighted by Crippen LogP contribution is 2.42. The van der Waals surface area contributed by atoms with Crippen LogP contribution in [0.2, 0.25) is 0 Å². The molecule has 2 aromatic carbocycles. The molecule has 2 saturated heterocycles. The highest BCUT2D eigenvalue weighted by atomic mass is 16.7. The van der Waals surface area contributed by atoms with E-state index in [9.17, 15) is 51.1 Å². The van der Waals surface area contributed by atoms with E-state index in [4.69, 9.17) is 14.2 Å². The Bertz CT molecular complexity index is 1140. The van der Waals surface area contributed by atoms with Gasteiger partial charge in [-0.1, -0.05) is 24.3 Å². The maximum atomic E-state index is 10.9. The summed E-state index contributed by atoms with van der Waals surface area (Å²) >= 11 is 0. The molecule has 13 heteroatoms. The fourth-order valence-electron chi connectivity index (χ4n) is 4.57. The topological polar surface area (TPSA) is 230 Å². The van der Waals surface area contributed by atoms with Crippen LogP contribution >= 0.6 is 0 Å². The van der Waals surface area contributed by atoms with Crippen molar-refractivity contribution >= 4 is 12.2 Å². The number of aromatic hydroxyl groups is 2. The number of rotatable bonds is 7. The number of benzene rings is 2. The molecule has 0 amide bonds. The largest absolute Gasteiger partial charge is 0.508 e. The van der Waals surface area contributed by atoms with Crippen molar-refractivity contribution in [1.29, 1.82) is 0 Å². The molecule has 0 bridgehead atoms. The summed E-state index contributed by atoms with van der Waals surface area (Å²) in [5.74, 6) is -0.538. The van der Waals surface area contributed by atoms with Crippen molar-refractivity contribution in [2.24, 2.45) is 0 Å². The van der Waals surface area contributed by atoms with Crippen LogP contribution in [0.1, 0.15) is 22.8 Å².